The summed E-state index contributed by atoms with van der Waals surface area (Å²) in [6.07, 6.45) is 5.62. The Morgan fingerprint density at radius 2 is 1.86 bits per heavy atom. The van der Waals surface area contributed by atoms with Crippen molar-refractivity contribution in [1.82, 2.24) is 10.3 Å². The molecule has 0 bridgehead atoms. The smallest absolute Gasteiger partial charge is 0.226 e. The molecule has 1 amide bonds. The molecule has 1 saturated carbocycles. The van der Waals surface area contributed by atoms with Crippen molar-refractivity contribution in [3.63, 3.8) is 0 Å². The second-order valence-electron chi connectivity index (χ2n) is 5.77. The average Bonchev–Trinajstić information content (AvgIpc) is 2.48. The van der Waals surface area contributed by atoms with Crippen LogP contribution in [-0.4, -0.2) is 17.4 Å². The van der Waals surface area contributed by atoms with E-state index < -0.39 is 0 Å². The van der Waals surface area contributed by atoms with Gasteiger partial charge >= 0.3 is 0 Å². The molecule has 0 aliphatic heterocycles. The van der Waals surface area contributed by atoms with E-state index >= 15 is 0 Å². The Morgan fingerprint density at radius 1 is 1.10 bits per heavy atom. The van der Waals surface area contributed by atoms with Gasteiger partial charge in [0.15, 0.2) is 0 Å². The first-order valence-electron chi connectivity index (χ1n) is 7.51. The summed E-state index contributed by atoms with van der Waals surface area (Å²) in [4.78, 5) is 16.3. The first-order valence-corrected chi connectivity index (χ1v) is 7.51. The third kappa shape index (κ3) is 3.13. The van der Waals surface area contributed by atoms with Gasteiger partial charge in [0, 0.05) is 23.9 Å². The number of amides is 1. The zero-order valence-electron chi connectivity index (χ0n) is 12.1. The number of pyridine rings is 1. The van der Waals surface area contributed by atoms with Gasteiger partial charge in [0.05, 0.1) is 6.42 Å². The highest BCUT2D eigenvalue weighted by Gasteiger charge is 2.38. The van der Waals surface area contributed by atoms with Gasteiger partial charge in [-0.25, -0.2) is 0 Å². The summed E-state index contributed by atoms with van der Waals surface area (Å²) < 4.78 is 0. The predicted octanol–water partition coefficient (Wildman–Crippen LogP) is 2.86. The molecule has 0 spiro atoms. The van der Waals surface area contributed by atoms with Crippen LogP contribution >= 0.6 is 0 Å². The molecule has 3 nitrogen and oxygen atoms in total. The molecule has 21 heavy (non-hydrogen) atoms. The minimum Gasteiger partial charge on any atom is -0.355 e. The monoisotopic (exact) mass is 280 g/mol. The van der Waals surface area contributed by atoms with Crippen molar-refractivity contribution in [3.8, 4) is 0 Å². The molecule has 0 saturated heterocycles. The molecular formula is C18H20N2O. The van der Waals surface area contributed by atoms with E-state index in [1.807, 2.05) is 24.3 Å². The molecule has 1 aromatic carbocycles. The van der Waals surface area contributed by atoms with E-state index in [9.17, 15) is 4.79 Å². The van der Waals surface area contributed by atoms with Crippen LogP contribution in [0.3, 0.4) is 0 Å². The van der Waals surface area contributed by atoms with Crippen LogP contribution in [0.25, 0.3) is 0 Å². The van der Waals surface area contributed by atoms with Crippen LogP contribution in [0.4, 0.5) is 0 Å². The highest BCUT2D eigenvalue weighted by molar-refractivity contribution is 5.78. The SMILES string of the molecule is O=C(Cc1ccccn1)NCC1(c2ccccc2)CCC1. The molecule has 1 aliphatic carbocycles. The first kappa shape index (κ1) is 13.8. The lowest BCUT2D eigenvalue weighted by molar-refractivity contribution is -0.120. The predicted molar refractivity (Wildman–Crippen MR) is 82.9 cm³/mol. The summed E-state index contributed by atoms with van der Waals surface area (Å²) >= 11 is 0. The molecule has 1 N–H and O–H groups in total. The number of carbonyl (C=O) groups excluding carboxylic acids is 1. The lowest BCUT2D eigenvalue weighted by Gasteiger charge is -2.42. The molecule has 108 valence electrons. The summed E-state index contributed by atoms with van der Waals surface area (Å²) in [5.74, 6) is 0.0518. The van der Waals surface area contributed by atoms with E-state index in [2.05, 4.69) is 34.6 Å². The number of nitrogens with zero attached hydrogens (tertiary/aromatic N) is 1. The maximum absolute atomic E-state index is 12.1. The van der Waals surface area contributed by atoms with E-state index in [0.717, 1.165) is 25.1 Å². The minimum atomic E-state index is 0.0518. The second-order valence-corrected chi connectivity index (χ2v) is 5.77. The Hall–Kier alpha value is -2.16. The minimum absolute atomic E-state index is 0.0518. The highest BCUT2D eigenvalue weighted by Crippen LogP contribution is 2.43. The molecule has 1 aliphatic rings. The number of benzene rings is 1. The van der Waals surface area contributed by atoms with Gasteiger partial charge in [-0.1, -0.05) is 42.8 Å². The fraction of sp³-hybridized carbons (Fsp3) is 0.333. The van der Waals surface area contributed by atoms with Crippen LogP contribution in [0, 0.1) is 0 Å². The zero-order chi connectivity index (χ0) is 14.5. The first-order chi connectivity index (χ1) is 10.3. The molecule has 3 heteroatoms. The van der Waals surface area contributed by atoms with Crippen molar-refractivity contribution in [1.29, 1.82) is 0 Å². The van der Waals surface area contributed by atoms with Crippen molar-refractivity contribution >= 4 is 5.91 Å². The Labute approximate surface area is 125 Å². The standard InChI is InChI=1S/C18H20N2O/c21-17(13-16-9-4-5-12-19-16)20-14-18(10-6-11-18)15-7-2-1-3-8-15/h1-5,7-9,12H,6,10-11,13-14H2,(H,20,21). The third-order valence-electron chi connectivity index (χ3n) is 4.39. The number of hydrogen-bond donors (Lipinski definition) is 1. The molecule has 1 aromatic heterocycles. The van der Waals surface area contributed by atoms with Gasteiger partial charge < -0.3 is 5.32 Å². The van der Waals surface area contributed by atoms with Crippen molar-refractivity contribution in [2.24, 2.45) is 0 Å². The fourth-order valence-corrected chi connectivity index (χ4v) is 2.96. The van der Waals surface area contributed by atoms with E-state index in [1.165, 1.54) is 12.0 Å². The van der Waals surface area contributed by atoms with E-state index in [-0.39, 0.29) is 11.3 Å². The van der Waals surface area contributed by atoms with Crippen LogP contribution in [0.1, 0.15) is 30.5 Å². The Balaban J connectivity index is 1.60. The normalized spacial score (nSPS) is 16.0. The van der Waals surface area contributed by atoms with Crippen LogP contribution in [-0.2, 0) is 16.6 Å². The molecule has 0 atom stereocenters. The Bertz CT molecular complexity index is 591. The van der Waals surface area contributed by atoms with Gasteiger partial charge in [0.2, 0.25) is 5.91 Å². The fourth-order valence-electron chi connectivity index (χ4n) is 2.96. The third-order valence-corrected chi connectivity index (χ3v) is 4.39. The molecular weight excluding hydrogens is 260 g/mol. The lowest BCUT2D eigenvalue weighted by atomic mass is 9.64. The molecule has 1 fully saturated rings. The Kier molecular flexibility index (Phi) is 4.00. The van der Waals surface area contributed by atoms with Crippen molar-refractivity contribution in [2.75, 3.05) is 6.54 Å². The summed E-state index contributed by atoms with van der Waals surface area (Å²) in [5.41, 5.74) is 2.30. The molecule has 3 rings (SSSR count). The van der Waals surface area contributed by atoms with E-state index in [4.69, 9.17) is 0 Å². The average molecular weight is 280 g/mol. The van der Waals surface area contributed by atoms with Crippen LogP contribution < -0.4 is 5.32 Å². The van der Waals surface area contributed by atoms with Crippen molar-refractivity contribution in [3.05, 3.63) is 66.0 Å². The van der Waals surface area contributed by atoms with Gasteiger partial charge in [-0.05, 0) is 30.5 Å². The number of rotatable bonds is 5. The molecule has 0 unspecified atom stereocenters. The maximum atomic E-state index is 12.1. The van der Waals surface area contributed by atoms with Crippen molar-refractivity contribution < 1.29 is 4.79 Å². The maximum Gasteiger partial charge on any atom is 0.226 e. The quantitative estimate of drug-likeness (QED) is 0.915. The molecule has 1 heterocycles. The van der Waals surface area contributed by atoms with Gasteiger partial charge in [-0.2, -0.15) is 0 Å². The van der Waals surface area contributed by atoms with Gasteiger partial charge in [-0.3, -0.25) is 9.78 Å². The summed E-state index contributed by atoms with van der Waals surface area (Å²) in [6, 6.07) is 16.2. The molecule has 0 radical (unpaired) electrons. The number of carbonyl (C=O) groups is 1. The summed E-state index contributed by atoms with van der Waals surface area (Å²) in [5, 5.41) is 3.09. The van der Waals surface area contributed by atoms with Crippen LogP contribution in [0.5, 0.6) is 0 Å². The number of nitrogens with one attached hydrogen (secondary N) is 1. The zero-order valence-corrected chi connectivity index (χ0v) is 12.1. The van der Waals surface area contributed by atoms with Gasteiger partial charge in [0.1, 0.15) is 0 Å². The highest BCUT2D eigenvalue weighted by atomic mass is 16.1. The van der Waals surface area contributed by atoms with Crippen LogP contribution in [0.15, 0.2) is 54.7 Å². The van der Waals surface area contributed by atoms with E-state index in [1.54, 1.807) is 6.20 Å². The summed E-state index contributed by atoms with van der Waals surface area (Å²) in [6.45, 7) is 0.725. The molecule has 2 aromatic rings. The van der Waals surface area contributed by atoms with Crippen molar-refractivity contribution in [2.45, 2.75) is 31.1 Å². The lowest BCUT2D eigenvalue weighted by Crippen LogP contribution is -2.45. The second kappa shape index (κ2) is 6.08. The number of hydrogen-bond acceptors (Lipinski definition) is 2. The van der Waals surface area contributed by atoms with Gasteiger partial charge in [-0.15, -0.1) is 0 Å². The van der Waals surface area contributed by atoms with E-state index in [0.29, 0.717) is 6.42 Å². The summed E-state index contributed by atoms with van der Waals surface area (Å²) in [7, 11) is 0. The Morgan fingerprint density at radius 3 is 2.48 bits per heavy atom. The topological polar surface area (TPSA) is 42.0 Å². The van der Waals surface area contributed by atoms with Crippen LogP contribution in [0.2, 0.25) is 0 Å². The van der Waals surface area contributed by atoms with Gasteiger partial charge in [0.25, 0.3) is 0 Å². The largest absolute Gasteiger partial charge is 0.355 e. The number of aromatic nitrogens is 1.